The van der Waals surface area contributed by atoms with Crippen molar-refractivity contribution in [1.82, 2.24) is 4.98 Å². The van der Waals surface area contributed by atoms with Gasteiger partial charge in [-0.3, -0.25) is 4.79 Å². The molecular formula is C10H15N3O3. The predicted molar refractivity (Wildman–Crippen MR) is 59.7 cm³/mol. The maximum Gasteiger partial charge on any atom is 0.254 e. The van der Waals surface area contributed by atoms with Crippen LogP contribution in [-0.2, 0) is 4.74 Å². The van der Waals surface area contributed by atoms with Crippen LogP contribution in [0.1, 0.15) is 10.4 Å². The Kier molecular flexibility index (Phi) is 4.53. The van der Waals surface area contributed by atoms with E-state index in [1.54, 1.807) is 13.2 Å². The number of amides is 1. The van der Waals surface area contributed by atoms with E-state index in [1.165, 1.54) is 13.3 Å². The van der Waals surface area contributed by atoms with E-state index in [4.69, 9.17) is 15.2 Å². The topological polar surface area (TPSA) is 86.5 Å². The first kappa shape index (κ1) is 12.3. The van der Waals surface area contributed by atoms with Gasteiger partial charge in [-0.05, 0) is 0 Å². The summed E-state index contributed by atoms with van der Waals surface area (Å²) in [4.78, 5) is 15.0. The molecule has 0 unspecified atom stereocenters. The van der Waals surface area contributed by atoms with Crippen LogP contribution in [0.4, 0.5) is 5.82 Å². The Hall–Kier alpha value is -1.82. The number of hydrogen-bond donors (Lipinski definition) is 2. The SMILES string of the molecule is COCCNc1cc(OC)c(C(N)=O)cn1. The molecule has 0 saturated carbocycles. The molecule has 0 fully saturated rings. The lowest BCUT2D eigenvalue weighted by atomic mass is 10.2. The summed E-state index contributed by atoms with van der Waals surface area (Å²) < 4.78 is 9.93. The standard InChI is InChI=1S/C10H15N3O3/c1-15-4-3-12-9-5-8(16-2)7(6-13-9)10(11)14/h5-6H,3-4H2,1-2H3,(H2,11,14)(H,12,13). The number of nitrogens with zero attached hydrogens (tertiary/aromatic N) is 1. The number of aromatic nitrogens is 1. The fraction of sp³-hybridized carbons (Fsp3) is 0.400. The highest BCUT2D eigenvalue weighted by molar-refractivity contribution is 5.95. The Balaban J connectivity index is 2.78. The highest BCUT2D eigenvalue weighted by atomic mass is 16.5. The van der Waals surface area contributed by atoms with Crippen molar-refractivity contribution in [3.63, 3.8) is 0 Å². The smallest absolute Gasteiger partial charge is 0.254 e. The quantitative estimate of drug-likeness (QED) is 0.677. The Bertz CT molecular complexity index is 368. The molecule has 1 heterocycles. The zero-order valence-corrected chi connectivity index (χ0v) is 9.32. The zero-order chi connectivity index (χ0) is 12.0. The molecule has 0 radical (unpaired) electrons. The van der Waals surface area contributed by atoms with Crippen LogP contribution in [0.2, 0.25) is 0 Å². The third kappa shape index (κ3) is 3.09. The summed E-state index contributed by atoms with van der Waals surface area (Å²) in [6.07, 6.45) is 1.39. The monoisotopic (exact) mass is 225 g/mol. The minimum Gasteiger partial charge on any atom is -0.496 e. The number of ether oxygens (including phenoxy) is 2. The predicted octanol–water partition coefficient (Wildman–Crippen LogP) is 0.247. The van der Waals surface area contributed by atoms with Crippen molar-refractivity contribution < 1.29 is 14.3 Å². The van der Waals surface area contributed by atoms with Crippen molar-refractivity contribution in [1.29, 1.82) is 0 Å². The molecule has 0 atom stereocenters. The molecule has 1 rings (SSSR count). The molecule has 6 nitrogen and oxygen atoms in total. The summed E-state index contributed by atoms with van der Waals surface area (Å²) in [7, 11) is 3.09. The molecule has 0 aliphatic rings. The van der Waals surface area contributed by atoms with E-state index in [0.717, 1.165) is 0 Å². The van der Waals surface area contributed by atoms with Crippen LogP contribution in [0, 0.1) is 0 Å². The Morgan fingerprint density at radius 1 is 1.56 bits per heavy atom. The van der Waals surface area contributed by atoms with E-state index < -0.39 is 5.91 Å². The maximum absolute atomic E-state index is 11.0. The molecule has 0 spiro atoms. The zero-order valence-electron chi connectivity index (χ0n) is 9.32. The molecule has 0 aromatic carbocycles. The molecule has 1 amide bonds. The molecular weight excluding hydrogens is 210 g/mol. The van der Waals surface area contributed by atoms with Crippen molar-refractivity contribution in [3.05, 3.63) is 17.8 Å². The van der Waals surface area contributed by atoms with Gasteiger partial charge in [0.25, 0.3) is 5.91 Å². The number of pyridine rings is 1. The van der Waals surface area contributed by atoms with Gasteiger partial charge in [0.1, 0.15) is 11.6 Å². The van der Waals surface area contributed by atoms with Crippen molar-refractivity contribution in [2.24, 2.45) is 5.73 Å². The third-order valence-corrected chi connectivity index (χ3v) is 1.96. The molecule has 16 heavy (non-hydrogen) atoms. The summed E-state index contributed by atoms with van der Waals surface area (Å²) >= 11 is 0. The van der Waals surface area contributed by atoms with E-state index in [0.29, 0.717) is 24.7 Å². The van der Waals surface area contributed by atoms with Gasteiger partial charge in [-0.2, -0.15) is 0 Å². The fourth-order valence-electron chi connectivity index (χ4n) is 1.17. The number of carbonyl (C=O) groups excluding carboxylic acids is 1. The Labute approximate surface area is 93.8 Å². The molecule has 0 saturated heterocycles. The normalized spacial score (nSPS) is 9.88. The van der Waals surface area contributed by atoms with Crippen LogP contribution in [0.15, 0.2) is 12.3 Å². The van der Waals surface area contributed by atoms with Gasteiger partial charge in [0.2, 0.25) is 0 Å². The Morgan fingerprint density at radius 3 is 2.88 bits per heavy atom. The largest absolute Gasteiger partial charge is 0.496 e. The highest BCUT2D eigenvalue weighted by Gasteiger charge is 2.10. The lowest BCUT2D eigenvalue weighted by Gasteiger charge is -2.09. The summed E-state index contributed by atoms with van der Waals surface area (Å²) in [5.41, 5.74) is 5.43. The fourth-order valence-corrected chi connectivity index (χ4v) is 1.17. The van der Waals surface area contributed by atoms with Gasteiger partial charge < -0.3 is 20.5 Å². The van der Waals surface area contributed by atoms with E-state index in [2.05, 4.69) is 10.3 Å². The number of hydrogen-bond acceptors (Lipinski definition) is 5. The second-order valence-electron chi connectivity index (χ2n) is 3.05. The lowest BCUT2D eigenvalue weighted by molar-refractivity contribution is 0.0997. The molecule has 1 aromatic heterocycles. The second-order valence-corrected chi connectivity index (χ2v) is 3.05. The highest BCUT2D eigenvalue weighted by Crippen LogP contribution is 2.19. The van der Waals surface area contributed by atoms with Gasteiger partial charge in [-0.15, -0.1) is 0 Å². The molecule has 0 bridgehead atoms. The first-order chi connectivity index (χ1) is 7.69. The summed E-state index contributed by atoms with van der Waals surface area (Å²) in [6, 6.07) is 1.62. The van der Waals surface area contributed by atoms with Gasteiger partial charge in [0.15, 0.2) is 0 Å². The van der Waals surface area contributed by atoms with E-state index in [9.17, 15) is 4.79 Å². The molecule has 0 aliphatic heterocycles. The number of nitrogens with two attached hydrogens (primary N) is 1. The number of anilines is 1. The second kappa shape index (κ2) is 5.92. The molecule has 3 N–H and O–H groups in total. The number of rotatable bonds is 6. The summed E-state index contributed by atoms with van der Waals surface area (Å²) in [5, 5.41) is 3.02. The molecule has 1 aromatic rings. The van der Waals surface area contributed by atoms with Crippen LogP contribution >= 0.6 is 0 Å². The van der Waals surface area contributed by atoms with Crippen molar-refractivity contribution in [2.75, 3.05) is 32.7 Å². The number of carbonyl (C=O) groups is 1. The number of methoxy groups -OCH3 is 2. The van der Waals surface area contributed by atoms with Gasteiger partial charge in [0.05, 0.1) is 19.3 Å². The van der Waals surface area contributed by atoms with Crippen molar-refractivity contribution in [3.8, 4) is 5.75 Å². The average Bonchev–Trinajstić information content (AvgIpc) is 2.29. The van der Waals surface area contributed by atoms with Crippen molar-refractivity contribution in [2.45, 2.75) is 0 Å². The van der Waals surface area contributed by atoms with Crippen LogP contribution in [0.5, 0.6) is 5.75 Å². The van der Waals surface area contributed by atoms with E-state index >= 15 is 0 Å². The minimum absolute atomic E-state index is 0.264. The maximum atomic E-state index is 11.0. The van der Waals surface area contributed by atoms with E-state index in [-0.39, 0.29) is 5.56 Å². The van der Waals surface area contributed by atoms with Crippen LogP contribution in [0.3, 0.4) is 0 Å². The van der Waals surface area contributed by atoms with Gasteiger partial charge in [-0.1, -0.05) is 0 Å². The third-order valence-electron chi connectivity index (χ3n) is 1.96. The Morgan fingerprint density at radius 2 is 2.31 bits per heavy atom. The van der Waals surface area contributed by atoms with Crippen LogP contribution < -0.4 is 15.8 Å². The molecule has 0 aliphatic carbocycles. The lowest BCUT2D eigenvalue weighted by Crippen LogP contribution is -2.14. The van der Waals surface area contributed by atoms with Gasteiger partial charge in [0, 0.05) is 25.9 Å². The molecule has 88 valence electrons. The number of nitrogens with one attached hydrogen (secondary N) is 1. The summed E-state index contributed by atoms with van der Waals surface area (Å²) in [6.45, 7) is 1.20. The van der Waals surface area contributed by atoms with Gasteiger partial charge >= 0.3 is 0 Å². The van der Waals surface area contributed by atoms with Crippen LogP contribution in [0.25, 0.3) is 0 Å². The van der Waals surface area contributed by atoms with Crippen LogP contribution in [-0.4, -0.2) is 38.3 Å². The van der Waals surface area contributed by atoms with Crippen molar-refractivity contribution >= 4 is 11.7 Å². The summed E-state index contributed by atoms with van der Waals surface area (Å²) in [5.74, 6) is 0.453. The van der Waals surface area contributed by atoms with E-state index in [1.807, 2.05) is 0 Å². The number of primary amides is 1. The van der Waals surface area contributed by atoms with Gasteiger partial charge in [-0.25, -0.2) is 4.98 Å². The first-order valence-electron chi connectivity index (χ1n) is 4.75. The first-order valence-corrected chi connectivity index (χ1v) is 4.75. The molecule has 6 heteroatoms. The average molecular weight is 225 g/mol. The minimum atomic E-state index is -0.562.